The van der Waals surface area contributed by atoms with Crippen molar-refractivity contribution in [3.8, 4) is 0 Å². The van der Waals surface area contributed by atoms with Crippen LogP contribution in [0.15, 0.2) is 24.3 Å². The van der Waals surface area contributed by atoms with Gasteiger partial charge in [0.15, 0.2) is 0 Å². The van der Waals surface area contributed by atoms with Gasteiger partial charge in [0.1, 0.15) is 0 Å². The normalized spacial score (nSPS) is 15.5. The van der Waals surface area contributed by atoms with Crippen LogP contribution in [0.25, 0.3) is 0 Å². The van der Waals surface area contributed by atoms with Crippen LogP contribution in [0.1, 0.15) is 12.8 Å². The average Bonchev–Trinajstić information content (AvgIpc) is 2.54. The van der Waals surface area contributed by atoms with E-state index in [1.165, 1.54) is 11.4 Å². The first kappa shape index (κ1) is 16.4. The Labute approximate surface area is 132 Å². The molecule has 0 unspecified atom stereocenters. The maximum atomic E-state index is 11.6. The zero-order valence-electron chi connectivity index (χ0n) is 13.4. The van der Waals surface area contributed by atoms with Gasteiger partial charge in [0.2, 0.25) is 0 Å². The number of benzene rings is 1. The van der Waals surface area contributed by atoms with Crippen molar-refractivity contribution in [1.29, 1.82) is 0 Å². The number of carbonyl (C=O) groups excluding carboxylic acids is 1. The maximum Gasteiger partial charge on any atom is 0.315 e. The molecule has 22 heavy (non-hydrogen) atoms. The van der Waals surface area contributed by atoms with Crippen LogP contribution in [0.3, 0.4) is 0 Å². The predicted molar refractivity (Wildman–Crippen MR) is 89.6 cm³/mol. The van der Waals surface area contributed by atoms with E-state index in [1.54, 1.807) is 0 Å². The quantitative estimate of drug-likeness (QED) is 0.759. The lowest BCUT2D eigenvalue weighted by atomic mass is 10.0. The highest BCUT2D eigenvalue weighted by Gasteiger charge is 2.20. The van der Waals surface area contributed by atoms with Crippen molar-refractivity contribution in [1.82, 2.24) is 10.6 Å². The van der Waals surface area contributed by atoms with Crippen LogP contribution in [0.5, 0.6) is 0 Å². The first-order valence-corrected chi connectivity index (χ1v) is 7.77. The monoisotopic (exact) mass is 306 g/mol. The highest BCUT2D eigenvalue weighted by Crippen LogP contribution is 2.22. The van der Waals surface area contributed by atoms with Crippen molar-refractivity contribution in [3.05, 3.63) is 24.3 Å². The molecule has 6 heteroatoms. The minimum atomic E-state index is -0.192. The van der Waals surface area contributed by atoms with Crippen molar-refractivity contribution in [2.45, 2.75) is 18.9 Å². The number of rotatable bonds is 5. The van der Waals surface area contributed by atoms with E-state index in [2.05, 4.69) is 44.7 Å². The molecule has 1 aromatic rings. The molecule has 122 valence electrons. The highest BCUT2D eigenvalue weighted by molar-refractivity contribution is 5.74. The molecule has 0 saturated carbocycles. The molecule has 1 heterocycles. The smallest absolute Gasteiger partial charge is 0.315 e. The Balaban J connectivity index is 1.80. The minimum absolute atomic E-state index is 0.0329. The van der Waals surface area contributed by atoms with Crippen molar-refractivity contribution in [2.75, 3.05) is 50.1 Å². The van der Waals surface area contributed by atoms with Crippen molar-refractivity contribution in [2.24, 2.45) is 0 Å². The van der Waals surface area contributed by atoms with Gasteiger partial charge in [0.25, 0.3) is 0 Å². The van der Waals surface area contributed by atoms with Crippen molar-refractivity contribution < 1.29 is 9.90 Å². The van der Waals surface area contributed by atoms with Gasteiger partial charge in [-0.3, -0.25) is 0 Å². The molecule has 0 bridgehead atoms. The van der Waals surface area contributed by atoms with Crippen LogP contribution in [-0.2, 0) is 0 Å². The van der Waals surface area contributed by atoms with Gasteiger partial charge in [0, 0.05) is 51.1 Å². The molecule has 1 aliphatic rings. The van der Waals surface area contributed by atoms with Crippen LogP contribution < -0.4 is 20.4 Å². The molecule has 0 radical (unpaired) electrons. The standard InChI is InChI=1S/C16H26N4O2/c1-19(2)14-3-5-15(6-4-14)20-10-7-13(8-11-20)18-16(22)17-9-12-21/h3-6,13,21H,7-12H2,1-2H3,(H2,17,18,22). The Bertz CT molecular complexity index is 468. The van der Waals surface area contributed by atoms with Crippen LogP contribution in [0, 0.1) is 0 Å². The number of nitrogens with zero attached hydrogens (tertiary/aromatic N) is 2. The molecule has 1 aromatic carbocycles. The summed E-state index contributed by atoms with van der Waals surface area (Å²) in [5.41, 5.74) is 2.43. The van der Waals surface area contributed by atoms with E-state index < -0.39 is 0 Å². The minimum Gasteiger partial charge on any atom is -0.395 e. The van der Waals surface area contributed by atoms with E-state index in [1.807, 2.05) is 14.1 Å². The molecule has 3 N–H and O–H groups in total. The summed E-state index contributed by atoms with van der Waals surface area (Å²) < 4.78 is 0. The summed E-state index contributed by atoms with van der Waals surface area (Å²) in [6, 6.07) is 8.57. The van der Waals surface area contributed by atoms with Gasteiger partial charge in [-0.15, -0.1) is 0 Å². The third-order valence-electron chi connectivity index (χ3n) is 3.96. The van der Waals surface area contributed by atoms with Crippen LogP contribution in [-0.4, -0.2) is 57.5 Å². The SMILES string of the molecule is CN(C)c1ccc(N2CCC(NC(=O)NCCO)CC2)cc1. The van der Waals surface area contributed by atoms with Gasteiger partial charge >= 0.3 is 6.03 Å². The first-order valence-electron chi connectivity index (χ1n) is 7.77. The molecule has 1 aliphatic heterocycles. The highest BCUT2D eigenvalue weighted by atomic mass is 16.3. The number of anilines is 2. The van der Waals surface area contributed by atoms with Crippen molar-refractivity contribution >= 4 is 17.4 Å². The number of carbonyl (C=O) groups is 1. The first-order chi connectivity index (χ1) is 10.6. The van der Waals surface area contributed by atoms with E-state index in [0.29, 0.717) is 6.54 Å². The zero-order chi connectivity index (χ0) is 15.9. The fourth-order valence-electron chi connectivity index (χ4n) is 2.65. The van der Waals surface area contributed by atoms with Crippen LogP contribution in [0.4, 0.5) is 16.2 Å². The van der Waals surface area contributed by atoms with E-state index in [-0.39, 0.29) is 18.7 Å². The second-order valence-corrected chi connectivity index (χ2v) is 5.80. The summed E-state index contributed by atoms with van der Waals surface area (Å²) in [6.07, 6.45) is 1.87. The largest absolute Gasteiger partial charge is 0.395 e. The van der Waals surface area contributed by atoms with Gasteiger partial charge in [0.05, 0.1) is 6.61 Å². The van der Waals surface area contributed by atoms with Crippen LogP contribution in [0.2, 0.25) is 0 Å². The molecule has 2 amide bonds. The Morgan fingerprint density at radius 2 is 1.91 bits per heavy atom. The Morgan fingerprint density at radius 3 is 2.45 bits per heavy atom. The lowest BCUT2D eigenvalue weighted by Crippen LogP contribution is -2.48. The maximum absolute atomic E-state index is 11.6. The van der Waals surface area contributed by atoms with Gasteiger partial charge in [-0.25, -0.2) is 4.79 Å². The lowest BCUT2D eigenvalue weighted by molar-refractivity contribution is 0.228. The number of nitrogens with one attached hydrogen (secondary N) is 2. The van der Waals surface area contributed by atoms with E-state index in [4.69, 9.17) is 5.11 Å². The molecular formula is C16H26N4O2. The van der Waals surface area contributed by atoms with E-state index >= 15 is 0 Å². The third-order valence-corrected chi connectivity index (χ3v) is 3.96. The summed E-state index contributed by atoms with van der Waals surface area (Å²) in [6.45, 7) is 2.14. The predicted octanol–water partition coefficient (Wildman–Crippen LogP) is 1.01. The number of aliphatic hydroxyl groups excluding tert-OH is 1. The molecule has 6 nitrogen and oxygen atoms in total. The number of amides is 2. The summed E-state index contributed by atoms with van der Waals surface area (Å²) in [5, 5.41) is 14.3. The van der Waals surface area contributed by atoms with Gasteiger partial charge in [-0.1, -0.05) is 0 Å². The number of hydrogen-bond acceptors (Lipinski definition) is 4. The number of piperidine rings is 1. The second-order valence-electron chi connectivity index (χ2n) is 5.80. The molecule has 0 aliphatic carbocycles. The number of hydrogen-bond donors (Lipinski definition) is 3. The molecule has 0 aromatic heterocycles. The fourth-order valence-corrected chi connectivity index (χ4v) is 2.65. The number of urea groups is 1. The molecular weight excluding hydrogens is 280 g/mol. The zero-order valence-corrected chi connectivity index (χ0v) is 13.4. The second kappa shape index (κ2) is 7.89. The fraction of sp³-hybridized carbons (Fsp3) is 0.562. The summed E-state index contributed by atoms with van der Waals surface area (Å²) in [7, 11) is 4.07. The topological polar surface area (TPSA) is 67.8 Å². The third kappa shape index (κ3) is 4.53. The van der Waals surface area contributed by atoms with Gasteiger partial charge in [-0.05, 0) is 37.1 Å². The summed E-state index contributed by atoms with van der Waals surface area (Å²) in [5.74, 6) is 0. The summed E-state index contributed by atoms with van der Waals surface area (Å²) in [4.78, 5) is 16.0. The Morgan fingerprint density at radius 1 is 1.27 bits per heavy atom. The van der Waals surface area contributed by atoms with Gasteiger partial charge in [-0.2, -0.15) is 0 Å². The Hall–Kier alpha value is -1.95. The van der Waals surface area contributed by atoms with E-state index in [9.17, 15) is 4.79 Å². The molecule has 2 rings (SSSR count). The molecule has 0 spiro atoms. The Kier molecular flexibility index (Phi) is 5.89. The molecule has 1 saturated heterocycles. The average molecular weight is 306 g/mol. The molecule has 1 fully saturated rings. The lowest BCUT2D eigenvalue weighted by Gasteiger charge is -2.34. The number of aliphatic hydroxyl groups is 1. The van der Waals surface area contributed by atoms with Crippen molar-refractivity contribution in [3.63, 3.8) is 0 Å². The van der Waals surface area contributed by atoms with Crippen LogP contribution >= 0.6 is 0 Å². The summed E-state index contributed by atoms with van der Waals surface area (Å²) >= 11 is 0. The van der Waals surface area contributed by atoms with E-state index in [0.717, 1.165) is 25.9 Å². The van der Waals surface area contributed by atoms with Gasteiger partial charge < -0.3 is 25.5 Å². The molecule has 0 atom stereocenters.